The molecule has 0 atom stereocenters. The fourth-order valence-electron chi connectivity index (χ4n) is 0.933. The van der Waals surface area contributed by atoms with Gasteiger partial charge in [-0.3, -0.25) is 0 Å². The Morgan fingerprint density at radius 1 is 1.56 bits per heavy atom. The van der Waals surface area contributed by atoms with Gasteiger partial charge in [0.25, 0.3) is 0 Å². The second-order valence-electron chi connectivity index (χ2n) is 2.99. The number of hydrogen-bond donors (Lipinski definition) is 2. The summed E-state index contributed by atoms with van der Waals surface area (Å²) in [5, 5.41) is 12.5. The molecule has 0 aliphatic carbocycles. The minimum absolute atomic E-state index is 0.0624. The van der Waals surface area contributed by atoms with E-state index in [1.807, 2.05) is 0 Å². The first-order chi connectivity index (χ1) is 7.38. The van der Waals surface area contributed by atoms with Crippen LogP contribution in [0.4, 0.5) is 13.2 Å². The highest BCUT2D eigenvalue weighted by atomic mass is 32.1. The summed E-state index contributed by atoms with van der Waals surface area (Å²) in [5.74, 6) is -1.13. The topological polar surface area (TPSA) is 62.2 Å². The highest BCUT2D eigenvalue weighted by Crippen LogP contribution is 2.18. The fourth-order valence-corrected chi connectivity index (χ4v) is 1.59. The van der Waals surface area contributed by atoms with E-state index in [0.717, 1.165) is 11.3 Å². The van der Waals surface area contributed by atoms with Crippen molar-refractivity contribution in [3.05, 3.63) is 16.1 Å². The van der Waals surface area contributed by atoms with Gasteiger partial charge < -0.3 is 10.4 Å². The van der Waals surface area contributed by atoms with Crippen LogP contribution in [0.5, 0.6) is 0 Å². The number of aromatic carboxylic acids is 1. The summed E-state index contributed by atoms with van der Waals surface area (Å²) >= 11 is 0.948. The van der Waals surface area contributed by atoms with Crippen LogP contribution in [0.3, 0.4) is 0 Å². The average Bonchev–Trinajstić information content (AvgIpc) is 2.59. The zero-order valence-electron chi connectivity index (χ0n) is 8.04. The van der Waals surface area contributed by atoms with Crippen molar-refractivity contribution in [3.63, 3.8) is 0 Å². The molecule has 0 saturated carbocycles. The largest absolute Gasteiger partial charge is 0.476 e. The van der Waals surface area contributed by atoms with Crippen LogP contribution in [-0.4, -0.2) is 28.8 Å². The smallest absolute Gasteiger partial charge is 0.390 e. The van der Waals surface area contributed by atoms with Crippen molar-refractivity contribution < 1.29 is 23.1 Å². The molecule has 0 radical (unpaired) electrons. The highest BCUT2D eigenvalue weighted by Gasteiger charge is 2.25. The monoisotopic (exact) mass is 254 g/mol. The first-order valence-corrected chi connectivity index (χ1v) is 5.21. The molecule has 0 amide bonds. The van der Waals surface area contributed by atoms with E-state index in [1.54, 1.807) is 0 Å². The normalized spacial score (nSPS) is 11.7. The van der Waals surface area contributed by atoms with E-state index >= 15 is 0 Å². The van der Waals surface area contributed by atoms with E-state index in [-0.39, 0.29) is 18.1 Å². The summed E-state index contributed by atoms with van der Waals surface area (Å²) in [5.41, 5.74) is 0.435. The molecule has 0 aliphatic heterocycles. The van der Waals surface area contributed by atoms with Gasteiger partial charge in [-0.25, -0.2) is 9.78 Å². The summed E-state index contributed by atoms with van der Waals surface area (Å²) in [4.78, 5) is 14.2. The van der Waals surface area contributed by atoms with Gasteiger partial charge in [-0.1, -0.05) is 0 Å². The molecule has 0 bridgehead atoms. The van der Waals surface area contributed by atoms with E-state index in [1.165, 1.54) is 5.38 Å². The molecule has 1 aromatic heterocycles. The van der Waals surface area contributed by atoms with Crippen LogP contribution in [0.25, 0.3) is 0 Å². The Bertz CT molecular complexity index is 364. The molecule has 0 fully saturated rings. The second kappa shape index (κ2) is 5.26. The Kier molecular flexibility index (Phi) is 4.25. The van der Waals surface area contributed by atoms with E-state index in [2.05, 4.69) is 10.3 Å². The van der Waals surface area contributed by atoms with Crippen molar-refractivity contribution >= 4 is 17.3 Å². The van der Waals surface area contributed by atoms with Gasteiger partial charge in [0.15, 0.2) is 0 Å². The number of aromatic nitrogens is 1. The number of alkyl halides is 3. The molecular formula is C8H9F3N2O2S. The number of thiazole rings is 1. The maximum atomic E-state index is 11.8. The third kappa shape index (κ3) is 4.58. The van der Waals surface area contributed by atoms with Crippen molar-refractivity contribution in [2.75, 3.05) is 6.54 Å². The van der Waals surface area contributed by atoms with Crippen molar-refractivity contribution in [2.24, 2.45) is 0 Å². The highest BCUT2D eigenvalue weighted by molar-refractivity contribution is 7.11. The predicted octanol–water partition coefficient (Wildman–Crippen LogP) is 1.88. The zero-order valence-corrected chi connectivity index (χ0v) is 8.86. The Balaban J connectivity index is 2.30. The van der Waals surface area contributed by atoms with E-state index in [4.69, 9.17) is 5.11 Å². The molecule has 4 nitrogen and oxygen atoms in total. The number of carbonyl (C=O) groups is 1. The third-order valence-corrected chi connectivity index (χ3v) is 2.51. The van der Waals surface area contributed by atoms with Gasteiger partial charge >= 0.3 is 12.1 Å². The maximum absolute atomic E-state index is 11.8. The summed E-state index contributed by atoms with van der Waals surface area (Å²) in [7, 11) is 0. The van der Waals surface area contributed by atoms with Crippen LogP contribution in [0.15, 0.2) is 5.38 Å². The van der Waals surface area contributed by atoms with Crippen LogP contribution < -0.4 is 5.32 Å². The standard InChI is InChI=1S/C8H9F3N2O2S/c9-8(10,11)1-2-12-3-5-4-16-6(13-5)7(14)15/h4,12H,1-3H2,(H,14,15). The van der Waals surface area contributed by atoms with E-state index in [9.17, 15) is 18.0 Å². The van der Waals surface area contributed by atoms with Crippen LogP contribution >= 0.6 is 11.3 Å². The van der Waals surface area contributed by atoms with E-state index < -0.39 is 18.6 Å². The third-order valence-electron chi connectivity index (χ3n) is 1.63. The number of halogens is 3. The minimum Gasteiger partial charge on any atom is -0.476 e. The Morgan fingerprint density at radius 3 is 2.75 bits per heavy atom. The molecule has 90 valence electrons. The average molecular weight is 254 g/mol. The van der Waals surface area contributed by atoms with Crippen molar-refractivity contribution in [1.29, 1.82) is 0 Å². The first kappa shape index (κ1) is 12.9. The van der Waals surface area contributed by atoms with Crippen molar-refractivity contribution in [3.8, 4) is 0 Å². The molecule has 0 saturated heterocycles. The van der Waals surface area contributed by atoms with Gasteiger partial charge in [0.05, 0.1) is 12.1 Å². The van der Waals surface area contributed by atoms with Crippen molar-refractivity contribution in [2.45, 2.75) is 19.1 Å². The van der Waals surface area contributed by atoms with Gasteiger partial charge in [0.2, 0.25) is 5.01 Å². The van der Waals surface area contributed by atoms with Crippen LogP contribution in [0, 0.1) is 0 Å². The number of nitrogens with zero attached hydrogens (tertiary/aromatic N) is 1. The van der Waals surface area contributed by atoms with Crippen LogP contribution in [-0.2, 0) is 6.54 Å². The summed E-state index contributed by atoms with van der Waals surface area (Å²) in [6.45, 7) is -0.0662. The second-order valence-corrected chi connectivity index (χ2v) is 3.85. The van der Waals surface area contributed by atoms with Gasteiger partial charge in [-0.15, -0.1) is 11.3 Å². The molecule has 0 aromatic carbocycles. The number of rotatable bonds is 5. The molecule has 1 aromatic rings. The first-order valence-electron chi connectivity index (χ1n) is 4.33. The van der Waals surface area contributed by atoms with Gasteiger partial charge in [-0.2, -0.15) is 13.2 Å². The predicted molar refractivity (Wildman–Crippen MR) is 51.5 cm³/mol. The van der Waals surface area contributed by atoms with Crippen LogP contribution in [0.1, 0.15) is 21.9 Å². The SMILES string of the molecule is O=C(O)c1nc(CNCCC(F)(F)F)cs1. The lowest BCUT2D eigenvalue weighted by Crippen LogP contribution is -2.21. The Hall–Kier alpha value is -1.15. The number of carboxylic acid groups (broad SMARTS) is 1. The molecule has 0 unspecified atom stereocenters. The molecule has 8 heteroatoms. The van der Waals surface area contributed by atoms with Gasteiger partial charge in [-0.05, 0) is 0 Å². The molecule has 16 heavy (non-hydrogen) atoms. The summed E-state index contributed by atoms with van der Waals surface area (Å²) in [6, 6.07) is 0. The van der Waals surface area contributed by atoms with Gasteiger partial charge in [0, 0.05) is 18.5 Å². The number of carboxylic acids is 1. The number of nitrogens with one attached hydrogen (secondary N) is 1. The number of hydrogen-bond acceptors (Lipinski definition) is 4. The fraction of sp³-hybridized carbons (Fsp3) is 0.500. The lowest BCUT2D eigenvalue weighted by molar-refractivity contribution is -0.133. The maximum Gasteiger partial charge on any atom is 0.390 e. The molecular weight excluding hydrogens is 245 g/mol. The molecule has 1 rings (SSSR count). The Morgan fingerprint density at radius 2 is 2.25 bits per heavy atom. The summed E-state index contributed by atoms with van der Waals surface area (Å²) in [6.07, 6.45) is -5.09. The quantitative estimate of drug-likeness (QED) is 0.787. The lowest BCUT2D eigenvalue weighted by atomic mass is 10.4. The minimum atomic E-state index is -4.18. The molecule has 2 N–H and O–H groups in total. The molecule has 1 heterocycles. The Labute approximate surface area is 93.1 Å². The molecule has 0 aliphatic rings. The zero-order chi connectivity index (χ0) is 12.2. The van der Waals surface area contributed by atoms with Gasteiger partial charge in [0.1, 0.15) is 0 Å². The van der Waals surface area contributed by atoms with Crippen LogP contribution in [0.2, 0.25) is 0 Å². The van der Waals surface area contributed by atoms with E-state index in [0.29, 0.717) is 5.69 Å². The molecule has 0 spiro atoms. The lowest BCUT2D eigenvalue weighted by Gasteiger charge is -2.06. The van der Waals surface area contributed by atoms with Crippen molar-refractivity contribution in [1.82, 2.24) is 10.3 Å². The summed E-state index contributed by atoms with van der Waals surface area (Å²) < 4.78 is 35.3.